The van der Waals surface area contributed by atoms with Gasteiger partial charge in [-0.05, 0) is 61.2 Å². The summed E-state index contributed by atoms with van der Waals surface area (Å²) in [6, 6.07) is 22.2. The Kier molecular flexibility index (Phi) is 7.32. The van der Waals surface area contributed by atoms with Gasteiger partial charge in [0.1, 0.15) is 17.9 Å². The van der Waals surface area contributed by atoms with Gasteiger partial charge in [-0.15, -0.1) is 0 Å². The van der Waals surface area contributed by atoms with Crippen LogP contribution in [-0.2, 0) is 16.1 Å². The highest BCUT2D eigenvalue weighted by Gasteiger charge is 2.37. The predicted molar refractivity (Wildman–Crippen MR) is 153 cm³/mol. The van der Waals surface area contributed by atoms with Gasteiger partial charge in [0.25, 0.3) is 11.8 Å². The number of amides is 4. The number of imide groups is 2. The van der Waals surface area contributed by atoms with Crippen LogP contribution in [0.2, 0.25) is 0 Å². The lowest BCUT2D eigenvalue weighted by Gasteiger charge is -2.26. The molecule has 1 aliphatic heterocycles. The van der Waals surface area contributed by atoms with Crippen LogP contribution in [0.5, 0.6) is 5.75 Å². The van der Waals surface area contributed by atoms with Crippen molar-refractivity contribution in [3.63, 3.8) is 0 Å². The lowest BCUT2D eigenvalue weighted by atomic mass is 9.98. The topological polar surface area (TPSA) is 80.6 Å². The molecule has 1 aliphatic rings. The second-order valence-corrected chi connectivity index (χ2v) is 9.82. The number of rotatable bonds is 8. The minimum Gasteiger partial charge on any atom is -0.492 e. The first-order valence-electron chi connectivity index (χ1n) is 13.1. The molecule has 2 heterocycles. The molecule has 1 atom stereocenters. The van der Waals surface area contributed by atoms with Gasteiger partial charge >= 0.3 is 6.03 Å². The highest BCUT2D eigenvalue weighted by molar-refractivity contribution is 6.39. The van der Waals surface area contributed by atoms with Gasteiger partial charge in [-0.3, -0.25) is 14.9 Å². The molecule has 5 rings (SSSR count). The molecule has 0 radical (unpaired) electrons. The Balaban J connectivity index is 1.42. The van der Waals surface area contributed by atoms with E-state index in [0.717, 1.165) is 33.5 Å². The minimum absolute atomic E-state index is 0.0978. The summed E-state index contributed by atoms with van der Waals surface area (Å²) in [5, 5.41) is 3.21. The van der Waals surface area contributed by atoms with Crippen molar-refractivity contribution in [2.45, 2.75) is 39.7 Å². The van der Waals surface area contributed by atoms with Crippen LogP contribution in [0.15, 0.2) is 84.6 Å². The average Bonchev–Trinajstić information content (AvgIpc) is 3.29. The molecular formula is C32H31N3O4. The second kappa shape index (κ2) is 11.0. The first-order chi connectivity index (χ1) is 18.9. The Morgan fingerprint density at radius 3 is 2.38 bits per heavy atom. The summed E-state index contributed by atoms with van der Waals surface area (Å²) in [5.41, 5.74) is 4.27. The summed E-state index contributed by atoms with van der Waals surface area (Å²) >= 11 is 0. The zero-order valence-electron chi connectivity index (χ0n) is 22.3. The Morgan fingerprint density at radius 1 is 0.949 bits per heavy atom. The summed E-state index contributed by atoms with van der Waals surface area (Å²) in [4.78, 5) is 40.0. The van der Waals surface area contributed by atoms with E-state index in [2.05, 4.69) is 19.2 Å². The van der Waals surface area contributed by atoms with Gasteiger partial charge < -0.3 is 9.30 Å². The number of hydrogen-bond acceptors (Lipinski definition) is 4. The number of benzene rings is 3. The largest absolute Gasteiger partial charge is 0.492 e. The number of aryl methyl sites for hydroxylation is 1. The lowest BCUT2D eigenvalue weighted by molar-refractivity contribution is -0.122. The van der Waals surface area contributed by atoms with Crippen molar-refractivity contribution in [2.75, 3.05) is 11.5 Å². The number of barbiturate groups is 1. The van der Waals surface area contributed by atoms with E-state index in [-0.39, 0.29) is 5.57 Å². The van der Waals surface area contributed by atoms with E-state index in [4.69, 9.17) is 4.74 Å². The molecular weight excluding hydrogens is 490 g/mol. The minimum atomic E-state index is -0.755. The lowest BCUT2D eigenvalue weighted by Crippen LogP contribution is -2.54. The summed E-state index contributed by atoms with van der Waals surface area (Å²) in [6.45, 7) is 7.29. The van der Waals surface area contributed by atoms with Gasteiger partial charge in [-0.1, -0.05) is 61.9 Å². The molecule has 1 N–H and O–H groups in total. The monoisotopic (exact) mass is 521 g/mol. The van der Waals surface area contributed by atoms with E-state index in [1.807, 2.05) is 78.4 Å². The molecule has 3 aromatic carbocycles. The van der Waals surface area contributed by atoms with Crippen molar-refractivity contribution in [1.82, 2.24) is 9.88 Å². The van der Waals surface area contributed by atoms with E-state index in [1.165, 1.54) is 5.56 Å². The maximum Gasteiger partial charge on any atom is 0.335 e. The zero-order chi connectivity index (χ0) is 27.5. The first-order valence-corrected chi connectivity index (χ1v) is 13.1. The Hall–Kier alpha value is -4.65. The molecule has 4 aromatic rings. The fourth-order valence-corrected chi connectivity index (χ4v) is 4.71. The normalized spacial score (nSPS) is 15.6. The standard InChI is InChI=1S/C32H31N3O4/c1-4-22(3)23-11-13-25(14-12-23)35-31(37)28(30(36)33-32(35)38)19-24-20-34(29-8-6-5-7-27(24)29)17-18-39-26-15-9-21(2)10-16-26/h5-16,19-20,22H,4,17-18H2,1-3H3,(H,33,36,38). The fraction of sp³-hybridized carbons (Fsp3) is 0.219. The Labute approximate surface area is 227 Å². The van der Waals surface area contributed by atoms with Gasteiger partial charge in [0.15, 0.2) is 0 Å². The maximum absolute atomic E-state index is 13.5. The van der Waals surface area contributed by atoms with Gasteiger partial charge in [0, 0.05) is 22.7 Å². The highest BCUT2D eigenvalue weighted by atomic mass is 16.5. The van der Waals surface area contributed by atoms with Crippen molar-refractivity contribution in [3.8, 4) is 5.75 Å². The molecule has 0 aliphatic carbocycles. The maximum atomic E-state index is 13.5. The van der Waals surface area contributed by atoms with Crippen LogP contribution in [0, 0.1) is 6.92 Å². The number of ether oxygens (including phenoxy) is 1. The van der Waals surface area contributed by atoms with Crippen LogP contribution < -0.4 is 15.0 Å². The number of nitrogens with one attached hydrogen (secondary N) is 1. The number of para-hydroxylation sites is 1. The SMILES string of the molecule is CCC(C)c1ccc(N2C(=O)NC(=O)C(=Cc3cn(CCOc4ccc(C)cc4)c4ccccc34)C2=O)cc1. The van der Waals surface area contributed by atoms with E-state index < -0.39 is 17.8 Å². The van der Waals surface area contributed by atoms with Gasteiger partial charge in [-0.2, -0.15) is 0 Å². The number of nitrogens with zero attached hydrogens (tertiary/aromatic N) is 2. The smallest absolute Gasteiger partial charge is 0.335 e. The summed E-state index contributed by atoms with van der Waals surface area (Å²) in [5.74, 6) is -0.205. The molecule has 39 heavy (non-hydrogen) atoms. The van der Waals surface area contributed by atoms with Crippen molar-refractivity contribution in [2.24, 2.45) is 0 Å². The molecule has 4 amide bonds. The van der Waals surface area contributed by atoms with E-state index in [9.17, 15) is 14.4 Å². The van der Waals surface area contributed by atoms with Crippen molar-refractivity contribution < 1.29 is 19.1 Å². The first kappa shape index (κ1) is 26.0. The van der Waals surface area contributed by atoms with Crippen molar-refractivity contribution >= 4 is 40.5 Å². The third-order valence-corrected chi connectivity index (χ3v) is 7.18. The number of fused-ring (bicyclic) bond motifs is 1. The highest BCUT2D eigenvalue weighted by Crippen LogP contribution is 2.28. The molecule has 1 fully saturated rings. The van der Waals surface area contributed by atoms with Gasteiger partial charge in [-0.25, -0.2) is 9.69 Å². The molecule has 198 valence electrons. The van der Waals surface area contributed by atoms with Crippen LogP contribution in [0.1, 0.15) is 42.9 Å². The molecule has 0 bridgehead atoms. The molecule has 0 spiro atoms. The molecule has 1 aromatic heterocycles. The number of hydrogen-bond donors (Lipinski definition) is 1. The molecule has 7 heteroatoms. The van der Waals surface area contributed by atoms with E-state index in [0.29, 0.717) is 30.3 Å². The molecule has 7 nitrogen and oxygen atoms in total. The summed E-state index contributed by atoms with van der Waals surface area (Å²) in [6.07, 6.45) is 4.44. The van der Waals surface area contributed by atoms with Crippen LogP contribution in [0.3, 0.4) is 0 Å². The van der Waals surface area contributed by atoms with Crippen LogP contribution in [0.4, 0.5) is 10.5 Å². The average molecular weight is 522 g/mol. The molecule has 0 saturated carbocycles. The van der Waals surface area contributed by atoms with Crippen LogP contribution in [-0.4, -0.2) is 29.0 Å². The summed E-state index contributed by atoms with van der Waals surface area (Å²) < 4.78 is 7.95. The summed E-state index contributed by atoms with van der Waals surface area (Å²) in [7, 11) is 0. The third-order valence-electron chi connectivity index (χ3n) is 7.18. The van der Waals surface area contributed by atoms with Gasteiger partial charge in [0.2, 0.25) is 0 Å². The zero-order valence-corrected chi connectivity index (χ0v) is 22.3. The molecule has 1 saturated heterocycles. The second-order valence-electron chi connectivity index (χ2n) is 9.82. The number of urea groups is 1. The Morgan fingerprint density at radius 2 is 1.67 bits per heavy atom. The number of carbonyl (C=O) groups excluding carboxylic acids is 3. The fourth-order valence-electron chi connectivity index (χ4n) is 4.71. The van der Waals surface area contributed by atoms with Crippen LogP contribution >= 0.6 is 0 Å². The quantitative estimate of drug-likeness (QED) is 0.221. The predicted octanol–water partition coefficient (Wildman–Crippen LogP) is 6.21. The number of anilines is 1. The van der Waals surface area contributed by atoms with Crippen molar-refractivity contribution in [1.29, 1.82) is 0 Å². The van der Waals surface area contributed by atoms with Crippen molar-refractivity contribution in [3.05, 3.63) is 101 Å². The Bertz CT molecular complexity index is 1570. The van der Waals surface area contributed by atoms with Crippen LogP contribution in [0.25, 0.3) is 17.0 Å². The molecule has 1 unspecified atom stereocenters. The van der Waals surface area contributed by atoms with Gasteiger partial charge in [0.05, 0.1) is 12.2 Å². The number of carbonyl (C=O) groups is 3. The van der Waals surface area contributed by atoms with E-state index >= 15 is 0 Å². The number of aromatic nitrogens is 1. The third kappa shape index (κ3) is 5.34. The van der Waals surface area contributed by atoms with E-state index in [1.54, 1.807) is 18.2 Å².